The van der Waals surface area contributed by atoms with Gasteiger partial charge in [-0.15, -0.1) is 0 Å². The van der Waals surface area contributed by atoms with Crippen molar-refractivity contribution in [1.82, 2.24) is 9.80 Å². The molecule has 2 aliphatic rings. The quantitative estimate of drug-likeness (QED) is 0.664. The van der Waals surface area contributed by atoms with Crippen LogP contribution in [0.3, 0.4) is 0 Å². The van der Waals surface area contributed by atoms with Crippen LogP contribution in [-0.4, -0.2) is 74.4 Å². The average molecular weight is 256 g/mol. The van der Waals surface area contributed by atoms with Crippen LogP contribution in [0.4, 0.5) is 0 Å². The van der Waals surface area contributed by atoms with E-state index in [1.54, 1.807) is 0 Å². The first-order valence-corrected chi connectivity index (χ1v) is 7.00. The van der Waals surface area contributed by atoms with Crippen molar-refractivity contribution in [3.63, 3.8) is 0 Å². The lowest BCUT2D eigenvalue weighted by atomic mass is 10.2. The van der Waals surface area contributed by atoms with E-state index in [9.17, 15) is 4.79 Å². The van der Waals surface area contributed by atoms with E-state index in [0.717, 1.165) is 39.3 Å². The number of piperazine rings is 1. The van der Waals surface area contributed by atoms with Crippen molar-refractivity contribution in [3.05, 3.63) is 0 Å². The summed E-state index contributed by atoms with van der Waals surface area (Å²) in [6.07, 6.45) is 2.83. The summed E-state index contributed by atoms with van der Waals surface area (Å²) in [6, 6.07) is 0. The van der Waals surface area contributed by atoms with Crippen molar-refractivity contribution >= 4 is 5.97 Å². The van der Waals surface area contributed by atoms with Gasteiger partial charge in [0.15, 0.2) is 0 Å². The zero-order valence-corrected chi connectivity index (χ0v) is 11.3. The molecule has 5 heteroatoms. The van der Waals surface area contributed by atoms with Gasteiger partial charge in [0, 0.05) is 39.3 Å². The van der Waals surface area contributed by atoms with Crippen LogP contribution < -0.4 is 0 Å². The summed E-state index contributed by atoms with van der Waals surface area (Å²) in [6.45, 7) is 8.67. The van der Waals surface area contributed by atoms with Gasteiger partial charge in [0.05, 0.1) is 19.3 Å². The summed E-state index contributed by atoms with van der Waals surface area (Å²) >= 11 is 0. The lowest BCUT2D eigenvalue weighted by Gasteiger charge is -2.35. The van der Waals surface area contributed by atoms with Gasteiger partial charge in [0.1, 0.15) is 0 Å². The number of ether oxygens (including phenoxy) is 2. The monoisotopic (exact) mass is 256 g/mol. The minimum atomic E-state index is -0.106. The van der Waals surface area contributed by atoms with Crippen LogP contribution in [0, 0.1) is 0 Å². The van der Waals surface area contributed by atoms with Gasteiger partial charge in [-0.25, -0.2) is 0 Å². The molecule has 0 aliphatic carbocycles. The van der Waals surface area contributed by atoms with Gasteiger partial charge in [0.25, 0.3) is 0 Å². The zero-order valence-electron chi connectivity index (χ0n) is 11.3. The number of hydrogen-bond donors (Lipinski definition) is 0. The summed E-state index contributed by atoms with van der Waals surface area (Å²) in [4.78, 5) is 16.0. The molecule has 0 radical (unpaired) electrons. The lowest BCUT2D eigenvalue weighted by Crippen LogP contribution is -2.49. The molecule has 0 aromatic rings. The van der Waals surface area contributed by atoms with Gasteiger partial charge in [-0.2, -0.15) is 0 Å². The Morgan fingerprint density at radius 1 is 1.28 bits per heavy atom. The highest BCUT2D eigenvalue weighted by Gasteiger charge is 2.23. The summed E-state index contributed by atoms with van der Waals surface area (Å²) in [5.41, 5.74) is 0. The van der Waals surface area contributed by atoms with Gasteiger partial charge in [-0.1, -0.05) is 0 Å². The van der Waals surface area contributed by atoms with Crippen molar-refractivity contribution in [1.29, 1.82) is 0 Å². The first kappa shape index (κ1) is 13.8. The third-order valence-electron chi connectivity index (χ3n) is 3.61. The van der Waals surface area contributed by atoms with Gasteiger partial charge < -0.3 is 9.47 Å². The number of hydrogen-bond acceptors (Lipinski definition) is 5. The van der Waals surface area contributed by atoms with E-state index in [1.807, 2.05) is 6.92 Å². The molecule has 104 valence electrons. The van der Waals surface area contributed by atoms with Gasteiger partial charge in [-0.3, -0.25) is 14.6 Å². The van der Waals surface area contributed by atoms with Crippen LogP contribution in [0.2, 0.25) is 0 Å². The molecule has 0 amide bonds. The van der Waals surface area contributed by atoms with Gasteiger partial charge in [-0.05, 0) is 19.8 Å². The number of carbonyl (C=O) groups excluding carboxylic acids is 1. The predicted molar refractivity (Wildman–Crippen MR) is 68.5 cm³/mol. The molecule has 5 nitrogen and oxygen atoms in total. The average Bonchev–Trinajstić information content (AvgIpc) is 2.85. The molecule has 0 saturated carbocycles. The first-order valence-electron chi connectivity index (χ1n) is 7.00. The smallest absolute Gasteiger partial charge is 0.320 e. The largest absolute Gasteiger partial charge is 0.465 e. The molecule has 2 fully saturated rings. The standard InChI is InChI=1S/C13H24N2O3/c1-2-17-13(16)11-15-7-5-14(6-8-15)10-12-4-3-9-18-12/h12H,2-11H2,1H3. The van der Waals surface area contributed by atoms with Crippen molar-refractivity contribution in [2.24, 2.45) is 0 Å². The Labute approximate surface area is 109 Å². The molecule has 1 unspecified atom stereocenters. The number of carbonyl (C=O) groups is 1. The predicted octanol–water partition coefficient (Wildman–Crippen LogP) is 0.346. The van der Waals surface area contributed by atoms with E-state index in [0.29, 0.717) is 19.3 Å². The zero-order chi connectivity index (χ0) is 12.8. The molecule has 18 heavy (non-hydrogen) atoms. The number of nitrogens with zero attached hydrogens (tertiary/aromatic N) is 2. The van der Waals surface area contributed by atoms with E-state index >= 15 is 0 Å². The fourth-order valence-corrected chi connectivity index (χ4v) is 2.60. The summed E-state index contributed by atoms with van der Waals surface area (Å²) in [5, 5.41) is 0. The number of rotatable bonds is 5. The molecule has 2 heterocycles. The Bertz CT molecular complexity index is 259. The second kappa shape index (κ2) is 7.07. The SMILES string of the molecule is CCOC(=O)CN1CCN(CC2CCCO2)CC1. The molecular formula is C13H24N2O3. The Balaban J connectivity index is 1.63. The topological polar surface area (TPSA) is 42.0 Å². The van der Waals surface area contributed by atoms with Crippen molar-refractivity contribution in [2.45, 2.75) is 25.9 Å². The Hall–Kier alpha value is -0.650. The number of esters is 1. The summed E-state index contributed by atoms with van der Waals surface area (Å²) < 4.78 is 10.6. The maximum atomic E-state index is 11.4. The third-order valence-corrected chi connectivity index (χ3v) is 3.61. The Morgan fingerprint density at radius 2 is 2.00 bits per heavy atom. The van der Waals surface area contributed by atoms with Crippen LogP contribution >= 0.6 is 0 Å². The Morgan fingerprint density at radius 3 is 2.61 bits per heavy atom. The minimum absolute atomic E-state index is 0.106. The van der Waals surface area contributed by atoms with E-state index in [1.165, 1.54) is 12.8 Å². The highest BCUT2D eigenvalue weighted by atomic mass is 16.5. The van der Waals surface area contributed by atoms with Gasteiger partial charge in [0.2, 0.25) is 0 Å². The van der Waals surface area contributed by atoms with E-state index in [-0.39, 0.29) is 5.97 Å². The first-order chi connectivity index (χ1) is 8.78. The van der Waals surface area contributed by atoms with Crippen LogP contribution in [-0.2, 0) is 14.3 Å². The van der Waals surface area contributed by atoms with Crippen molar-refractivity contribution < 1.29 is 14.3 Å². The fraction of sp³-hybridized carbons (Fsp3) is 0.923. The second-order valence-electron chi connectivity index (χ2n) is 5.02. The molecule has 1 atom stereocenters. The minimum Gasteiger partial charge on any atom is -0.465 e. The normalized spacial score (nSPS) is 26.4. The maximum absolute atomic E-state index is 11.4. The van der Waals surface area contributed by atoms with E-state index in [4.69, 9.17) is 9.47 Å². The van der Waals surface area contributed by atoms with Gasteiger partial charge >= 0.3 is 5.97 Å². The van der Waals surface area contributed by atoms with Crippen LogP contribution in [0.25, 0.3) is 0 Å². The summed E-state index contributed by atoms with van der Waals surface area (Å²) in [5.74, 6) is -0.106. The molecule has 0 spiro atoms. The molecule has 0 aromatic carbocycles. The molecule has 0 N–H and O–H groups in total. The molecule has 0 aromatic heterocycles. The highest BCUT2D eigenvalue weighted by molar-refractivity contribution is 5.71. The molecular weight excluding hydrogens is 232 g/mol. The van der Waals surface area contributed by atoms with E-state index < -0.39 is 0 Å². The molecule has 2 rings (SSSR count). The molecule has 2 aliphatic heterocycles. The van der Waals surface area contributed by atoms with E-state index in [2.05, 4.69) is 9.80 Å². The lowest BCUT2D eigenvalue weighted by molar-refractivity contribution is -0.144. The van der Waals surface area contributed by atoms with Crippen molar-refractivity contribution in [2.75, 3.05) is 52.5 Å². The van der Waals surface area contributed by atoms with Crippen LogP contribution in [0.15, 0.2) is 0 Å². The highest BCUT2D eigenvalue weighted by Crippen LogP contribution is 2.14. The Kier molecular flexibility index (Phi) is 5.41. The molecule has 2 saturated heterocycles. The summed E-state index contributed by atoms with van der Waals surface area (Å²) in [7, 11) is 0. The fourth-order valence-electron chi connectivity index (χ4n) is 2.60. The van der Waals surface area contributed by atoms with Crippen molar-refractivity contribution in [3.8, 4) is 0 Å². The second-order valence-corrected chi connectivity index (χ2v) is 5.02. The third kappa shape index (κ3) is 4.23. The van der Waals surface area contributed by atoms with Crippen LogP contribution in [0.5, 0.6) is 0 Å². The van der Waals surface area contributed by atoms with Crippen LogP contribution in [0.1, 0.15) is 19.8 Å². The maximum Gasteiger partial charge on any atom is 0.320 e. The molecule has 0 bridgehead atoms.